The number of aromatic hydroxyl groups is 2. The zero-order chi connectivity index (χ0) is 27.7. The monoisotopic (exact) mass is 531 g/mol. The molecular formula is C29H33N5O5. The lowest BCUT2D eigenvalue weighted by Gasteiger charge is -2.46. The number of amides is 4. The summed E-state index contributed by atoms with van der Waals surface area (Å²) < 4.78 is 0. The second-order valence-electron chi connectivity index (χ2n) is 9.96. The Kier molecular flexibility index (Phi) is 7.30. The number of phenols is 2. The molecule has 0 saturated carbocycles. The van der Waals surface area contributed by atoms with Gasteiger partial charge in [0, 0.05) is 26.6 Å². The van der Waals surface area contributed by atoms with E-state index < -0.39 is 12.2 Å². The van der Waals surface area contributed by atoms with Gasteiger partial charge in [0.1, 0.15) is 12.2 Å². The number of nitrogens with zero attached hydrogens (tertiary/aromatic N) is 4. The number of nitrogens with one attached hydrogen (secondary N) is 1. The van der Waals surface area contributed by atoms with Gasteiger partial charge in [-0.2, -0.15) is 5.01 Å². The summed E-state index contributed by atoms with van der Waals surface area (Å²) >= 11 is 0. The van der Waals surface area contributed by atoms with Crippen LogP contribution in [0.1, 0.15) is 24.5 Å². The molecule has 2 saturated heterocycles. The molecule has 0 aliphatic carbocycles. The fourth-order valence-electron chi connectivity index (χ4n) is 5.63. The molecule has 2 fully saturated rings. The quantitative estimate of drug-likeness (QED) is 0.404. The maximum absolute atomic E-state index is 14.0. The van der Waals surface area contributed by atoms with Crippen molar-refractivity contribution in [2.75, 3.05) is 26.7 Å². The van der Waals surface area contributed by atoms with Crippen LogP contribution in [0.15, 0.2) is 60.7 Å². The van der Waals surface area contributed by atoms with E-state index in [0.717, 1.165) is 16.3 Å². The van der Waals surface area contributed by atoms with Gasteiger partial charge in [0.05, 0.1) is 13.1 Å². The molecule has 39 heavy (non-hydrogen) atoms. The fraction of sp³-hybridized carbons (Fsp3) is 0.345. The smallest absolute Gasteiger partial charge is 0.331 e. The Bertz CT molecular complexity index is 1410. The van der Waals surface area contributed by atoms with Gasteiger partial charge >= 0.3 is 6.03 Å². The van der Waals surface area contributed by atoms with E-state index in [1.165, 1.54) is 12.1 Å². The van der Waals surface area contributed by atoms with Gasteiger partial charge in [-0.25, -0.2) is 4.79 Å². The molecule has 2 atom stereocenters. The lowest BCUT2D eigenvalue weighted by atomic mass is 9.98. The number of carbonyl (C=O) groups excluding carboxylic acids is 3. The number of hydrogen-bond acceptors (Lipinski definition) is 6. The molecule has 0 unspecified atom stereocenters. The van der Waals surface area contributed by atoms with Gasteiger partial charge in [-0.15, -0.1) is 0 Å². The molecule has 3 aromatic carbocycles. The van der Waals surface area contributed by atoms with Crippen LogP contribution >= 0.6 is 0 Å². The standard InChI is InChI=1S/C29H33N5O5/c1-3-13-32(29(39)30-2)33-18-27(37)34-23(14-19-11-12-24(35)25(36)15-19)28(38)31(17-26(33)34)16-21-9-6-8-20-7-4-5-10-22(20)21/h4-12,15,23,26,35-36H,3,13-14,16-18H2,1-2H3,(H,30,39)/t23-,26+/m0/s1. The van der Waals surface area contributed by atoms with E-state index >= 15 is 0 Å². The van der Waals surface area contributed by atoms with E-state index in [-0.39, 0.29) is 48.9 Å². The number of urea groups is 1. The van der Waals surface area contributed by atoms with E-state index in [4.69, 9.17) is 0 Å². The molecule has 2 aliphatic heterocycles. The summed E-state index contributed by atoms with van der Waals surface area (Å²) in [7, 11) is 1.55. The molecule has 2 heterocycles. The van der Waals surface area contributed by atoms with Gasteiger partial charge in [0.2, 0.25) is 11.8 Å². The summed E-state index contributed by atoms with van der Waals surface area (Å²) in [6.07, 6.45) is 0.312. The van der Waals surface area contributed by atoms with Crippen LogP contribution in [0.4, 0.5) is 4.79 Å². The van der Waals surface area contributed by atoms with Crippen molar-refractivity contribution in [1.29, 1.82) is 0 Å². The molecular weight excluding hydrogens is 498 g/mol. The molecule has 5 rings (SSSR count). The highest BCUT2D eigenvalue weighted by atomic mass is 16.3. The molecule has 3 N–H and O–H groups in total. The number of hydrogen-bond donors (Lipinski definition) is 3. The summed E-state index contributed by atoms with van der Waals surface area (Å²) in [5.74, 6) is -0.989. The largest absolute Gasteiger partial charge is 0.504 e. The first-order valence-corrected chi connectivity index (χ1v) is 13.2. The van der Waals surface area contributed by atoms with E-state index in [1.807, 2.05) is 49.4 Å². The number of rotatable bonds is 7. The molecule has 4 amide bonds. The summed E-state index contributed by atoms with van der Waals surface area (Å²) in [6, 6.07) is 17.3. The van der Waals surface area contributed by atoms with Crippen LogP contribution in [0, 0.1) is 0 Å². The molecule has 0 radical (unpaired) electrons. The topological polar surface area (TPSA) is 117 Å². The molecule has 10 nitrogen and oxygen atoms in total. The summed E-state index contributed by atoms with van der Waals surface area (Å²) in [5, 5.41) is 27.9. The zero-order valence-electron chi connectivity index (χ0n) is 22.1. The molecule has 0 spiro atoms. The van der Waals surface area contributed by atoms with Crippen molar-refractivity contribution in [3.8, 4) is 11.5 Å². The highest BCUT2D eigenvalue weighted by Gasteiger charge is 2.52. The van der Waals surface area contributed by atoms with Crippen molar-refractivity contribution < 1.29 is 24.6 Å². The average molecular weight is 532 g/mol. The summed E-state index contributed by atoms with van der Waals surface area (Å²) in [5.41, 5.74) is 1.60. The molecule has 3 aromatic rings. The molecule has 0 bridgehead atoms. The van der Waals surface area contributed by atoms with Crippen molar-refractivity contribution >= 4 is 28.6 Å². The van der Waals surface area contributed by atoms with Gasteiger partial charge in [0.25, 0.3) is 0 Å². The van der Waals surface area contributed by atoms with Crippen molar-refractivity contribution in [2.24, 2.45) is 0 Å². The summed E-state index contributed by atoms with van der Waals surface area (Å²) in [6.45, 7) is 2.94. The number of carbonyl (C=O) groups is 3. The molecule has 0 aromatic heterocycles. The van der Waals surface area contributed by atoms with Crippen molar-refractivity contribution in [3.05, 3.63) is 71.8 Å². The van der Waals surface area contributed by atoms with Crippen LogP contribution in [0.5, 0.6) is 11.5 Å². The van der Waals surface area contributed by atoms with Crippen LogP contribution < -0.4 is 5.32 Å². The van der Waals surface area contributed by atoms with Gasteiger partial charge < -0.3 is 25.3 Å². The predicted octanol–water partition coefficient (Wildman–Crippen LogP) is 2.64. The predicted molar refractivity (Wildman–Crippen MR) is 145 cm³/mol. The minimum atomic E-state index is -0.840. The van der Waals surface area contributed by atoms with E-state index in [0.29, 0.717) is 25.1 Å². The van der Waals surface area contributed by atoms with Crippen LogP contribution in [-0.4, -0.2) is 86.8 Å². The second-order valence-corrected chi connectivity index (χ2v) is 9.96. The Morgan fingerprint density at radius 2 is 1.82 bits per heavy atom. The zero-order valence-corrected chi connectivity index (χ0v) is 22.1. The SMILES string of the molecule is CCCN(C(=O)NC)N1CC(=O)N2[C@@H](Cc3ccc(O)c(O)c3)C(=O)N(Cc3cccc4ccccc34)C[C@@H]21. The van der Waals surface area contributed by atoms with Gasteiger partial charge in [-0.3, -0.25) is 14.6 Å². The Morgan fingerprint density at radius 3 is 2.56 bits per heavy atom. The van der Waals surface area contributed by atoms with Crippen LogP contribution in [0.2, 0.25) is 0 Å². The van der Waals surface area contributed by atoms with E-state index in [9.17, 15) is 24.6 Å². The normalized spacial score (nSPS) is 19.4. The third kappa shape index (κ3) is 4.95. The second kappa shape index (κ2) is 10.8. The third-order valence-electron chi connectivity index (χ3n) is 7.47. The number of piperazine rings is 1. The maximum Gasteiger partial charge on any atom is 0.331 e. The fourth-order valence-corrected chi connectivity index (χ4v) is 5.63. The average Bonchev–Trinajstić information content (AvgIpc) is 3.26. The molecule has 204 valence electrons. The highest BCUT2D eigenvalue weighted by molar-refractivity contribution is 5.92. The van der Waals surface area contributed by atoms with Crippen LogP contribution in [0.25, 0.3) is 10.8 Å². The van der Waals surface area contributed by atoms with Crippen molar-refractivity contribution in [2.45, 2.75) is 38.5 Å². The van der Waals surface area contributed by atoms with E-state index in [2.05, 4.69) is 5.32 Å². The lowest BCUT2D eigenvalue weighted by molar-refractivity contribution is -0.157. The van der Waals surface area contributed by atoms with Gasteiger partial charge in [-0.05, 0) is 40.5 Å². The Labute approximate surface area is 227 Å². The Balaban J connectivity index is 1.53. The van der Waals surface area contributed by atoms with E-state index in [1.54, 1.807) is 32.9 Å². The van der Waals surface area contributed by atoms with Gasteiger partial charge in [0.15, 0.2) is 11.5 Å². The lowest BCUT2D eigenvalue weighted by Crippen LogP contribution is -2.66. The molecule has 2 aliphatic rings. The maximum atomic E-state index is 14.0. The number of fused-ring (bicyclic) bond motifs is 2. The number of hydrazine groups is 1. The first-order chi connectivity index (χ1) is 18.8. The minimum Gasteiger partial charge on any atom is -0.504 e. The first kappa shape index (κ1) is 26.3. The van der Waals surface area contributed by atoms with Crippen LogP contribution in [0.3, 0.4) is 0 Å². The first-order valence-electron chi connectivity index (χ1n) is 13.2. The number of benzene rings is 3. The number of phenolic OH excluding ortho intramolecular Hbond substituents is 2. The van der Waals surface area contributed by atoms with Gasteiger partial charge in [-0.1, -0.05) is 55.5 Å². The Hall–Kier alpha value is -4.31. The Morgan fingerprint density at radius 1 is 1.05 bits per heavy atom. The third-order valence-corrected chi connectivity index (χ3v) is 7.47. The van der Waals surface area contributed by atoms with Crippen molar-refractivity contribution in [1.82, 2.24) is 25.1 Å². The minimum absolute atomic E-state index is 0.0230. The van der Waals surface area contributed by atoms with Crippen molar-refractivity contribution in [3.63, 3.8) is 0 Å². The summed E-state index contributed by atoms with van der Waals surface area (Å²) in [4.78, 5) is 43.6. The van der Waals surface area contributed by atoms with Crippen LogP contribution in [-0.2, 0) is 22.6 Å². The molecule has 10 heteroatoms. The highest BCUT2D eigenvalue weighted by Crippen LogP contribution is 2.32.